The van der Waals surface area contributed by atoms with E-state index in [-0.39, 0.29) is 0 Å². The Morgan fingerprint density at radius 1 is 0.415 bits per heavy atom. The third-order valence-corrected chi connectivity index (χ3v) is 17.2. The summed E-state index contributed by atoms with van der Waals surface area (Å²) in [6.07, 6.45) is 8.58. The van der Waals surface area contributed by atoms with Crippen LogP contribution in [-0.2, 0) is 10.8 Å². The van der Waals surface area contributed by atoms with Gasteiger partial charge in [0.1, 0.15) is 11.5 Å². The van der Waals surface area contributed by atoms with Crippen LogP contribution >= 0.6 is 0 Å². The summed E-state index contributed by atoms with van der Waals surface area (Å²) in [4.78, 5) is 16.0. The normalized spacial score (nSPS) is 24.2. The molecule has 3 bridgehead atoms. The lowest BCUT2D eigenvalue weighted by Gasteiger charge is -2.49. The van der Waals surface area contributed by atoms with E-state index in [4.69, 9.17) is 19.7 Å². The number of ether oxygens (including phenoxy) is 1. The molecule has 310 valence electrons. The van der Waals surface area contributed by atoms with E-state index in [0.717, 1.165) is 62.5 Å². The molecule has 1 aliphatic heterocycles. The first-order chi connectivity index (χ1) is 32.1. The molecule has 5 aliphatic carbocycles. The molecule has 8 aromatic carbocycles. The fraction of sp³-hybridized carbons (Fsp3) is 0.197. The Kier molecular flexibility index (Phi) is 7.23. The van der Waals surface area contributed by atoms with Crippen LogP contribution in [0.4, 0.5) is 0 Å². The van der Waals surface area contributed by atoms with Crippen molar-refractivity contribution in [2.45, 2.75) is 49.4 Å². The molecule has 2 heterocycles. The molecule has 0 saturated heterocycles. The van der Waals surface area contributed by atoms with E-state index in [1.807, 2.05) is 0 Å². The maximum absolute atomic E-state index is 6.60. The summed E-state index contributed by atoms with van der Waals surface area (Å²) >= 11 is 0. The monoisotopic (exact) mass is 835 g/mol. The van der Waals surface area contributed by atoms with Gasteiger partial charge in [-0.2, -0.15) is 0 Å². The van der Waals surface area contributed by atoms with E-state index >= 15 is 0 Å². The van der Waals surface area contributed by atoms with Crippen LogP contribution in [0.3, 0.4) is 0 Å². The lowest BCUT2D eigenvalue weighted by molar-refractivity contribution is -0.000160. The highest BCUT2D eigenvalue weighted by Gasteiger charge is 2.71. The van der Waals surface area contributed by atoms with Gasteiger partial charge in [0.2, 0.25) is 0 Å². The van der Waals surface area contributed by atoms with Crippen LogP contribution in [-0.4, -0.2) is 15.0 Å². The van der Waals surface area contributed by atoms with Crippen molar-refractivity contribution in [1.29, 1.82) is 0 Å². The average molecular weight is 836 g/mol. The quantitative estimate of drug-likeness (QED) is 0.173. The molecule has 2 unspecified atom stereocenters. The lowest BCUT2D eigenvalue weighted by Crippen LogP contribution is -2.42. The number of fused-ring (bicyclic) bond motifs is 12. The number of hydrogen-bond donors (Lipinski definition) is 0. The van der Waals surface area contributed by atoms with Crippen LogP contribution in [0.15, 0.2) is 182 Å². The Morgan fingerprint density at radius 2 is 1.03 bits per heavy atom. The molecule has 5 atom stereocenters. The number of nitrogens with zero attached hydrogens (tertiary/aromatic N) is 3. The van der Waals surface area contributed by atoms with Crippen LogP contribution in [0.2, 0.25) is 0 Å². The van der Waals surface area contributed by atoms with Gasteiger partial charge < -0.3 is 4.74 Å². The summed E-state index contributed by atoms with van der Waals surface area (Å²) in [5, 5.41) is 2.36. The zero-order chi connectivity index (χ0) is 42.5. The van der Waals surface area contributed by atoms with Gasteiger partial charge in [0.05, 0.1) is 5.41 Å². The van der Waals surface area contributed by atoms with Crippen LogP contribution < -0.4 is 4.74 Å². The van der Waals surface area contributed by atoms with Crippen molar-refractivity contribution >= 4 is 10.8 Å². The summed E-state index contributed by atoms with van der Waals surface area (Å²) in [7, 11) is 0. The number of benzene rings is 8. The minimum atomic E-state index is -0.515. The van der Waals surface area contributed by atoms with Crippen molar-refractivity contribution in [2.75, 3.05) is 0 Å². The van der Waals surface area contributed by atoms with E-state index in [9.17, 15) is 0 Å². The second kappa shape index (κ2) is 13.0. The molecule has 0 radical (unpaired) electrons. The summed E-state index contributed by atoms with van der Waals surface area (Å²) in [6.45, 7) is 0. The van der Waals surface area contributed by atoms with Crippen LogP contribution in [0.1, 0.15) is 66.3 Å². The highest BCUT2D eigenvalue weighted by Crippen LogP contribution is 2.79. The van der Waals surface area contributed by atoms with Crippen molar-refractivity contribution in [3.05, 3.63) is 210 Å². The molecular formula is C61H45N3O. The summed E-state index contributed by atoms with van der Waals surface area (Å²) in [5.41, 5.74) is 14.5. The van der Waals surface area contributed by atoms with Crippen molar-refractivity contribution in [3.8, 4) is 67.9 Å². The predicted octanol–water partition coefficient (Wildman–Crippen LogP) is 14.6. The molecule has 0 amide bonds. The van der Waals surface area contributed by atoms with Crippen LogP contribution in [0.25, 0.3) is 67.2 Å². The third kappa shape index (κ3) is 4.89. The maximum Gasteiger partial charge on any atom is 0.164 e. The van der Waals surface area contributed by atoms with E-state index in [1.54, 1.807) is 0 Å². The Labute approximate surface area is 379 Å². The molecule has 1 aromatic heterocycles. The number of rotatable bonds is 5. The van der Waals surface area contributed by atoms with Gasteiger partial charge >= 0.3 is 0 Å². The molecule has 15 rings (SSSR count). The van der Waals surface area contributed by atoms with Gasteiger partial charge in [0.25, 0.3) is 0 Å². The average Bonchev–Trinajstić information content (AvgIpc) is 3.84. The lowest BCUT2D eigenvalue weighted by atomic mass is 9.55. The van der Waals surface area contributed by atoms with E-state index in [2.05, 4.69) is 182 Å². The Bertz CT molecular complexity index is 3430. The topological polar surface area (TPSA) is 47.9 Å². The largest absolute Gasteiger partial charge is 0.457 e. The summed E-state index contributed by atoms with van der Waals surface area (Å²) in [6, 6.07) is 66.2. The zero-order valence-electron chi connectivity index (χ0n) is 36.0. The second-order valence-corrected chi connectivity index (χ2v) is 20.2. The van der Waals surface area contributed by atoms with Gasteiger partial charge in [-0.3, -0.25) is 0 Å². The fourth-order valence-corrected chi connectivity index (χ4v) is 14.7. The SMILES string of the molecule is c1ccc2c(c1)Oc1ccccc1C21c2ccccc2-c2cc(-c3ccccc3-c3nc(-c4ccc(C56CC7C[C@H]8C[C@H](C5)C[C@@]78C6)cc4)nc(-c4ccc5ccccc5c4)n3)ccc21. The molecule has 4 nitrogen and oxygen atoms in total. The van der Waals surface area contributed by atoms with Gasteiger partial charge in [-0.05, 0) is 141 Å². The molecule has 9 aromatic rings. The standard InChI is InChI=1S/C61H45N3O/c1-2-12-40-30-42(22-21-38(40)11-1)57-62-56(39-23-26-43(27-24-39)59-33-37-29-44-32-45(35-59)60(44,34-37)36-59)63-58(64-57)48-15-4-3-13-46(48)41-25-28-51-49(31-41)47-14-5-6-16-50(47)61(51)52-17-7-9-19-54(52)65-55-20-10-8-18-53(55)61/h1-28,30-31,37,44-45H,29,32-36H2/t37-,44-,45?,59?,60+/m1/s1. The minimum Gasteiger partial charge on any atom is -0.457 e. The number of aromatic nitrogens is 3. The van der Waals surface area contributed by atoms with Crippen molar-refractivity contribution in [1.82, 2.24) is 15.0 Å². The van der Waals surface area contributed by atoms with Gasteiger partial charge in [0, 0.05) is 27.8 Å². The first-order valence-corrected chi connectivity index (χ1v) is 23.6. The van der Waals surface area contributed by atoms with Gasteiger partial charge in [-0.25, -0.2) is 15.0 Å². The molecule has 4 saturated carbocycles. The Hall–Kier alpha value is -7.17. The second-order valence-electron chi connectivity index (χ2n) is 20.2. The first-order valence-electron chi connectivity index (χ1n) is 23.6. The van der Waals surface area contributed by atoms with Crippen molar-refractivity contribution in [3.63, 3.8) is 0 Å². The summed E-state index contributed by atoms with van der Waals surface area (Å²) < 4.78 is 6.60. The zero-order valence-corrected chi connectivity index (χ0v) is 36.0. The molecule has 6 aliphatic rings. The highest BCUT2D eigenvalue weighted by molar-refractivity contribution is 5.93. The first kappa shape index (κ1) is 36.2. The Balaban J connectivity index is 0.879. The third-order valence-electron chi connectivity index (χ3n) is 17.2. The van der Waals surface area contributed by atoms with Crippen LogP contribution in [0.5, 0.6) is 11.5 Å². The molecular weight excluding hydrogens is 791 g/mol. The minimum absolute atomic E-state index is 0.338. The molecule has 0 N–H and O–H groups in total. The van der Waals surface area contributed by atoms with Crippen molar-refractivity contribution in [2.24, 2.45) is 23.2 Å². The number of para-hydroxylation sites is 2. The van der Waals surface area contributed by atoms with Crippen LogP contribution in [0, 0.1) is 23.2 Å². The smallest absolute Gasteiger partial charge is 0.164 e. The van der Waals surface area contributed by atoms with E-state index in [0.29, 0.717) is 28.3 Å². The summed E-state index contributed by atoms with van der Waals surface area (Å²) in [5.74, 6) is 6.68. The highest BCUT2D eigenvalue weighted by atomic mass is 16.5. The van der Waals surface area contributed by atoms with Gasteiger partial charge in [-0.1, -0.05) is 158 Å². The Morgan fingerprint density at radius 3 is 1.83 bits per heavy atom. The molecule has 4 fully saturated rings. The number of hydrogen-bond acceptors (Lipinski definition) is 4. The van der Waals surface area contributed by atoms with Gasteiger partial charge in [-0.15, -0.1) is 0 Å². The van der Waals surface area contributed by atoms with Crippen molar-refractivity contribution < 1.29 is 4.74 Å². The van der Waals surface area contributed by atoms with E-state index in [1.165, 1.54) is 82.9 Å². The predicted molar refractivity (Wildman–Crippen MR) is 259 cm³/mol. The molecule has 2 spiro atoms. The van der Waals surface area contributed by atoms with E-state index < -0.39 is 5.41 Å². The molecule has 65 heavy (non-hydrogen) atoms. The maximum atomic E-state index is 6.60. The van der Waals surface area contributed by atoms with Gasteiger partial charge in [0.15, 0.2) is 17.5 Å². The molecule has 4 heteroatoms. The fourth-order valence-electron chi connectivity index (χ4n) is 14.7.